The van der Waals surface area contributed by atoms with Crippen LogP contribution in [0.15, 0.2) is 0 Å². The van der Waals surface area contributed by atoms with Gasteiger partial charge in [-0.25, -0.2) is 0 Å². The van der Waals surface area contributed by atoms with Crippen LogP contribution in [0.25, 0.3) is 0 Å². The molecule has 0 spiro atoms. The second-order valence-electron chi connectivity index (χ2n) is 5.54. The molecule has 0 aliphatic heterocycles. The molecule has 2 heteroatoms. The molecule has 0 heterocycles. The molecule has 0 aliphatic rings. The van der Waals surface area contributed by atoms with Gasteiger partial charge in [-0.15, -0.1) is 0 Å². The van der Waals surface area contributed by atoms with Crippen LogP contribution in [0.4, 0.5) is 0 Å². The first kappa shape index (κ1) is 15.9. The van der Waals surface area contributed by atoms with Crippen LogP contribution >= 0.6 is 0 Å². The van der Waals surface area contributed by atoms with Crippen LogP contribution in [0.1, 0.15) is 52.9 Å². The van der Waals surface area contributed by atoms with Gasteiger partial charge in [0.15, 0.2) is 0 Å². The quantitative estimate of drug-likeness (QED) is 0.578. The summed E-state index contributed by atoms with van der Waals surface area (Å²) in [6.45, 7) is 10.5. The first-order valence-electron chi connectivity index (χ1n) is 6.91. The van der Waals surface area contributed by atoms with Crippen LogP contribution < -0.4 is 5.32 Å². The monoisotopic (exact) mass is 228 g/mol. The lowest BCUT2D eigenvalue weighted by molar-refractivity contribution is 0.174. The Hall–Kier alpha value is -0.0800. The molecular weight excluding hydrogens is 196 g/mol. The van der Waals surface area contributed by atoms with E-state index in [0.717, 1.165) is 6.54 Å². The van der Waals surface area contributed by atoms with E-state index in [9.17, 15) is 0 Å². The summed E-state index contributed by atoms with van der Waals surface area (Å²) >= 11 is 0. The Balaban J connectivity index is 3.96. The van der Waals surface area contributed by atoms with Crippen LogP contribution in [-0.2, 0) is 0 Å². The lowest BCUT2D eigenvalue weighted by atomic mass is 9.85. The SMILES string of the molecule is CCCCCN(C)CC(C)(CCC)CNC. The van der Waals surface area contributed by atoms with E-state index < -0.39 is 0 Å². The molecule has 0 amide bonds. The number of rotatable bonds is 10. The standard InChI is InChI=1S/C14H32N2/c1-6-8-9-11-16(5)13-14(3,10-7-2)12-15-4/h15H,6-13H2,1-5H3. The van der Waals surface area contributed by atoms with Crippen LogP contribution in [0, 0.1) is 5.41 Å². The normalized spacial score (nSPS) is 15.4. The minimum absolute atomic E-state index is 0.435. The van der Waals surface area contributed by atoms with E-state index in [4.69, 9.17) is 0 Å². The van der Waals surface area contributed by atoms with Gasteiger partial charge in [0, 0.05) is 13.1 Å². The van der Waals surface area contributed by atoms with E-state index in [1.165, 1.54) is 45.2 Å². The molecule has 0 aliphatic carbocycles. The fourth-order valence-electron chi connectivity index (χ4n) is 2.62. The number of nitrogens with zero attached hydrogens (tertiary/aromatic N) is 1. The maximum Gasteiger partial charge on any atom is 0.00444 e. The van der Waals surface area contributed by atoms with E-state index in [1.807, 2.05) is 0 Å². The van der Waals surface area contributed by atoms with Gasteiger partial charge in [-0.3, -0.25) is 0 Å². The molecule has 0 saturated carbocycles. The Morgan fingerprint density at radius 3 is 2.31 bits per heavy atom. The van der Waals surface area contributed by atoms with Crippen molar-refractivity contribution in [2.75, 3.05) is 33.7 Å². The van der Waals surface area contributed by atoms with Gasteiger partial charge in [0.25, 0.3) is 0 Å². The number of hydrogen-bond acceptors (Lipinski definition) is 2. The zero-order chi connectivity index (χ0) is 12.4. The Bertz CT molecular complexity index is 151. The summed E-state index contributed by atoms with van der Waals surface area (Å²) in [5.74, 6) is 0. The summed E-state index contributed by atoms with van der Waals surface area (Å²) in [6, 6.07) is 0. The molecule has 1 unspecified atom stereocenters. The van der Waals surface area contributed by atoms with Crippen molar-refractivity contribution in [1.82, 2.24) is 10.2 Å². The van der Waals surface area contributed by atoms with Gasteiger partial charge >= 0.3 is 0 Å². The number of unbranched alkanes of at least 4 members (excludes halogenated alkanes) is 2. The summed E-state index contributed by atoms with van der Waals surface area (Å²) in [5.41, 5.74) is 0.435. The van der Waals surface area contributed by atoms with Crippen LogP contribution in [-0.4, -0.2) is 38.6 Å². The lowest BCUT2D eigenvalue weighted by Gasteiger charge is -2.33. The maximum absolute atomic E-state index is 3.34. The molecule has 2 nitrogen and oxygen atoms in total. The van der Waals surface area contributed by atoms with Crippen LogP contribution in [0.5, 0.6) is 0 Å². The largest absolute Gasteiger partial charge is 0.319 e. The van der Waals surface area contributed by atoms with E-state index in [2.05, 4.69) is 45.1 Å². The summed E-state index contributed by atoms with van der Waals surface area (Å²) < 4.78 is 0. The zero-order valence-corrected chi connectivity index (χ0v) is 12.1. The third kappa shape index (κ3) is 7.24. The van der Waals surface area contributed by atoms with Crippen molar-refractivity contribution >= 4 is 0 Å². The lowest BCUT2D eigenvalue weighted by Crippen LogP contribution is -2.40. The average molecular weight is 228 g/mol. The van der Waals surface area contributed by atoms with Gasteiger partial charge in [0.1, 0.15) is 0 Å². The minimum Gasteiger partial charge on any atom is -0.319 e. The minimum atomic E-state index is 0.435. The predicted molar refractivity (Wildman–Crippen MR) is 74.0 cm³/mol. The summed E-state index contributed by atoms with van der Waals surface area (Å²) in [4.78, 5) is 2.50. The summed E-state index contributed by atoms with van der Waals surface area (Å²) in [6.07, 6.45) is 6.61. The highest BCUT2D eigenvalue weighted by molar-refractivity contribution is 4.79. The first-order valence-corrected chi connectivity index (χ1v) is 6.91. The van der Waals surface area contributed by atoms with Gasteiger partial charge < -0.3 is 10.2 Å². The third-order valence-electron chi connectivity index (χ3n) is 3.25. The van der Waals surface area contributed by atoms with Crippen LogP contribution in [0.2, 0.25) is 0 Å². The molecule has 1 atom stereocenters. The predicted octanol–water partition coefficient (Wildman–Crippen LogP) is 3.13. The van der Waals surface area contributed by atoms with Crippen molar-refractivity contribution in [3.63, 3.8) is 0 Å². The Labute approximate surface area is 103 Å². The number of hydrogen-bond donors (Lipinski definition) is 1. The molecule has 0 aromatic heterocycles. The van der Waals surface area contributed by atoms with Crippen molar-refractivity contribution in [1.29, 1.82) is 0 Å². The fraction of sp³-hybridized carbons (Fsp3) is 1.00. The highest BCUT2D eigenvalue weighted by Crippen LogP contribution is 2.23. The van der Waals surface area contributed by atoms with Gasteiger partial charge in [-0.05, 0) is 38.9 Å². The van der Waals surface area contributed by atoms with Crippen LogP contribution in [0.3, 0.4) is 0 Å². The second-order valence-corrected chi connectivity index (χ2v) is 5.54. The van der Waals surface area contributed by atoms with Gasteiger partial charge in [0.05, 0.1) is 0 Å². The Morgan fingerprint density at radius 2 is 1.81 bits per heavy atom. The van der Waals surface area contributed by atoms with E-state index >= 15 is 0 Å². The van der Waals surface area contributed by atoms with Crippen molar-refractivity contribution < 1.29 is 0 Å². The molecule has 0 fully saturated rings. The van der Waals surface area contributed by atoms with E-state index in [0.29, 0.717) is 5.41 Å². The zero-order valence-electron chi connectivity index (χ0n) is 12.1. The topological polar surface area (TPSA) is 15.3 Å². The molecule has 98 valence electrons. The molecule has 16 heavy (non-hydrogen) atoms. The summed E-state index contributed by atoms with van der Waals surface area (Å²) in [7, 11) is 4.32. The van der Waals surface area contributed by atoms with Crippen molar-refractivity contribution in [2.45, 2.75) is 52.9 Å². The smallest absolute Gasteiger partial charge is 0.00444 e. The molecule has 0 bridgehead atoms. The summed E-state index contributed by atoms with van der Waals surface area (Å²) in [5, 5.41) is 3.34. The molecule has 0 radical (unpaired) electrons. The molecular formula is C14H32N2. The van der Waals surface area contributed by atoms with Gasteiger partial charge in [0.2, 0.25) is 0 Å². The highest BCUT2D eigenvalue weighted by Gasteiger charge is 2.23. The van der Waals surface area contributed by atoms with E-state index in [-0.39, 0.29) is 0 Å². The first-order chi connectivity index (χ1) is 7.58. The second kappa shape index (κ2) is 9.00. The molecule has 0 rings (SSSR count). The Morgan fingerprint density at radius 1 is 1.12 bits per heavy atom. The van der Waals surface area contributed by atoms with Crippen molar-refractivity contribution in [2.24, 2.45) is 5.41 Å². The molecule has 1 N–H and O–H groups in total. The van der Waals surface area contributed by atoms with E-state index in [1.54, 1.807) is 0 Å². The third-order valence-corrected chi connectivity index (χ3v) is 3.25. The van der Waals surface area contributed by atoms with Gasteiger partial charge in [-0.1, -0.05) is 40.0 Å². The molecule has 0 saturated heterocycles. The van der Waals surface area contributed by atoms with Gasteiger partial charge in [-0.2, -0.15) is 0 Å². The van der Waals surface area contributed by atoms with Crippen molar-refractivity contribution in [3.8, 4) is 0 Å². The maximum atomic E-state index is 3.34. The highest BCUT2D eigenvalue weighted by atomic mass is 15.1. The molecule has 0 aromatic rings. The number of nitrogens with one attached hydrogen (secondary N) is 1. The molecule has 0 aromatic carbocycles. The average Bonchev–Trinajstić information content (AvgIpc) is 2.18. The van der Waals surface area contributed by atoms with Crippen molar-refractivity contribution in [3.05, 3.63) is 0 Å². The fourth-order valence-corrected chi connectivity index (χ4v) is 2.62. The Kier molecular flexibility index (Phi) is 8.96.